The summed E-state index contributed by atoms with van der Waals surface area (Å²) >= 11 is 0. The molecule has 0 bridgehead atoms. The highest BCUT2D eigenvalue weighted by Crippen LogP contribution is 2.23. The van der Waals surface area contributed by atoms with Crippen molar-refractivity contribution >= 4 is 0 Å². The minimum Gasteiger partial charge on any atom is -0.313 e. The van der Waals surface area contributed by atoms with Gasteiger partial charge in [-0.05, 0) is 56.8 Å². The molecule has 1 atom stereocenters. The average Bonchev–Trinajstić information content (AvgIpc) is 2.41. The quantitative estimate of drug-likeness (QED) is 0.882. The maximum Gasteiger partial charge on any atom is 0.0242 e. The molecular formula is C19H32N2. The van der Waals surface area contributed by atoms with E-state index >= 15 is 0 Å². The van der Waals surface area contributed by atoms with Crippen LogP contribution < -0.4 is 5.32 Å². The van der Waals surface area contributed by atoms with E-state index in [1.54, 1.807) is 0 Å². The number of benzene rings is 1. The molecule has 1 fully saturated rings. The number of nitrogens with one attached hydrogen (secondary N) is 1. The fourth-order valence-electron chi connectivity index (χ4n) is 3.53. The molecule has 2 heteroatoms. The van der Waals surface area contributed by atoms with Crippen LogP contribution in [0, 0.1) is 20.8 Å². The Kier molecular flexibility index (Phi) is 5.83. The number of hydrogen-bond acceptors (Lipinski definition) is 2. The van der Waals surface area contributed by atoms with Crippen LogP contribution in [0.25, 0.3) is 0 Å². The van der Waals surface area contributed by atoms with E-state index in [4.69, 9.17) is 0 Å². The van der Waals surface area contributed by atoms with E-state index in [1.165, 1.54) is 48.1 Å². The third-order valence-corrected chi connectivity index (χ3v) is 4.71. The molecule has 0 aromatic heterocycles. The van der Waals surface area contributed by atoms with Gasteiger partial charge in [0.15, 0.2) is 0 Å². The molecule has 2 rings (SSSR count). The van der Waals surface area contributed by atoms with E-state index in [1.807, 2.05) is 0 Å². The molecule has 1 aliphatic rings. The summed E-state index contributed by atoms with van der Waals surface area (Å²) in [6.45, 7) is 14.7. The molecule has 1 aliphatic heterocycles. The van der Waals surface area contributed by atoms with Crippen molar-refractivity contribution in [3.8, 4) is 0 Å². The number of rotatable bonds is 5. The Labute approximate surface area is 130 Å². The summed E-state index contributed by atoms with van der Waals surface area (Å²) in [5.41, 5.74) is 5.82. The van der Waals surface area contributed by atoms with Gasteiger partial charge >= 0.3 is 0 Å². The second-order valence-corrected chi connectivity index (χ2v) is 7.06. The summed E-state index contributed by atoms with van der Waals surface area (Å²) in [6.07, 6.45) is 4.07. The predicted octanol–water partition coefficient (Wildman–Crippen LogP) is 3.96. The minimum atomic E-state index is 0.580. The highest BCUT2D eigenvalue weighted by molar-refractivity contribution is 5.37. The lowest BCUT2D eigenvalue weighted by Crippen LogP contribution is -2.46. The second kappa shape index (κ2) is 7.42. The molecule has 1 saturated heterocycles. The van der Waals surface area contributed by atoms with Crippen LogP contribution in [0.1, 0.15) is 55.4 Å². The Morgan fingerprint density at radius 2 is 1.81 bits per heavy atom. The predicted molar refractivity (Wildman–Crippen MR) is 91.8 cm³/mol. The van der Waals surface area contributed by atoms with Crippen molar-refractivity contribution in [3.05, 3.63) is 34.4 Å². The lowest BCUT2D eigenvalue weighted by molar-refractivity contribution is 0.135. The van der Waals surface area contributed by atoms with E-state index in [-0.39, 0.29) is 0 Å². The number of likely N-dealkylation sites (tertiary alicyclic amines) is 1. The number of piperidine rings is 1. The molecule has 0 radical (unpaired) electrons. The molecular weight excluding hydrogens is 256 g/mol. The van der Waals surface area contributed by atoms with E-state index in [0.29, 0.717) is 12.1 Å². The van der Waals surface area contributed by atoms with Gasteiger partial charge in [0.25, 0.3) is 0 Å². The number of nitrogens with zero attached hydrogens (tertiary/aromatic N) is 1. The van der Waals surface area contributed by atoms with E-state index < -0.39 is 0 Å². The van der Waals surface area contributed by atoms with Crippen molar-refractivity contribution in [2.75, 3.05) is 13.1 Å². The van der Waals surface area contributed by atoms with Crippen LogP contribution in [0.2, 0.25) is 0 Å². The van der Waals surface area contributed by atoms with Crippen LogP contribution in [-0.2, 0) is 6.54 Å². The number of hydrogen-bond donors (Lipinski definition) is 1. The molecule has 1 aromatic carbocycles. The van der Waals surface area contributed by atoms with Gasteiger partial charge < -0.3 is 5.32 Å². The topological polar surface area (TPSA) is 15.3 Å². The fraction of sp³-hybridized carbons (Fsp3) is 0.684. The van der Waals surface area contributed by atoms with Gasteiger partial charge in [-0.15, -0.1) is 0 Å². The maximum atomic E-state index is 3.63. The molecule has 0 amide bonds. The summed E-state index contributed by atoms with van der Waals surface area (Å²) in [7, 11) is 0. The lowest BCUT2D eigenvalue weighted by Gasteiger charge is -2.37. The first-order valence-corrected chi connectivity index (χ1v) is 8.51. The molecule has 0 spiro atoms. The van der Waals surface area contributed by atoms with Crippen LogP contribution in [0.15, 0.2) is 12.1 Å². The van der Waals surface area contributed by atoms with Crippen LogP contribution in [0.3, 0.4) is 0 Å². The fourth-order valence-corrected chi connectivity index (χ4v) is 3.53. The third kappa shape index (κ3) is 4.55. The maximum absolute atomic E-state index is 3.63. The van der Waals surface area contributed by atoms with Gasteiger partial charge in [0.1, 0.15) is 0 Å². The molecule has 2 nitrogen and oxygen atoms in total. The Morgan fingerprint density at radius 3 is 2.43 bits per heavy atom. The Balaban J connectivity index is 2.08. The van der Waals surface area contributed by atoms with Crippen molar-refractivity contribution in [3.63, 3.8) is 0 Å². The van der Waals surface area contributed by atoms with Gasteiger partial charge in [-0.1, -0.05) is 38.0 Å². The molecule has 118 valence electrons. The molecule has 1 N–H and O–H groups in total. The summed E-state index contributed by atoms with van der Waals surface area (Å²) < 4.78 is 0. The first-order valence-electron chi connectivity index (χ1n) is 8.51. The van der Waals surface area contributed by atoms with Gasteiger partial charge in [-0.3, -0.25) is 4.90 Å². The first-order chi connectivity index (χ1) is 9.97. The number of aryl methyl sites for hydroxylation is 3. The lowest BCUT2D eigenvalue weighted by atomic mass is 9.96. The summed E-state index contributed by atoms with van der Waals surface area (Å²) in [5, 5.41) is 3.63. The van der Waals surface area contributed by atoms with E-state index in [9.17, 15) is 0 Å². The van der Waals surface area contributed by atoms with Crippen molar-refractivity contribution in [2.45, 2.75) is 72.5 Å². The average molecular weight is 288 g/mol. The van der Waals surface area contributed by atoms with Gasteiger partial charge in [-0.25, -0.2) is 0 Å². The van der Waals surface area contributed by atoms with Crippen molar-refractivity contribution in [1.82, 2.24) is 10.2 Å². The van der Waals surface area contributed by atoms with Crippen molar-refractivity contribution in [1.29, 1.82) is 0 Å². The summed E-state index contributed by atoms with van der Waals surface area (Å²) in [5.74, 6) is 0. The first kappa shape index (κ1) is 16.5. The normalized spacial score (nSPS) is 20.2. The molecule has 1 heterocycles. The zero-order valence-electron chi connectivity index (χ0n) is 14.5. The largest absolute Gasteiger partial charge is 0.313 e. The Bertz CT molecular complexity index is 442. The SMILES string of the molecule is Cc1cc(C)c(CN2CCCCC2CNC(C)C)c(C)c1. The highest BCUT2D eigenvalue weighted by atomic mass is 15.2. The molecule has 0 saturated carbocycles. The van der Waals surface area contributed by atoms with Gasteiger partial charge in [0, 0.05) is 25.2 Å². The standard InChI is InChI=1S/C19H32N2/c1-14(2)20-12-18-8-6-7-9-21(18)13-19-16(4)10-15(3)11-17(19)5/h10-11,14,18,20H,6-9,12-13H2,1-5H3. The Morgan fingerprint density at radius 1 is 1.14 bits per heavy atom. The van der Waals surface area contributed by atoms with Crippen LogP contribution in [-0.4, -0.2) is 30.1 Å². The third-order valence-electron chi connectivity index (χ3n) is 4.71. The molecule has 0 aliphatic carbocycles. The summed E-state index contributed by atoms with van der Waals surface area (Å²) in [4.78, 5) is 2.70. The minimum absolute atomic E-state index is 0.580. The molecule has 1 aromatic rings. The smallest absolute Gasteiger partial charge is 0.0242 e. The second-order valence-electron chi connectivity index (χ2n) is 7.06. The van der Waals surface area contributed by atoms with Crippen LogP contribution in [0.4, 0.5) is 0 Å². The zero-order valence-corrected chi connectivity index (χ0v) is 14.5. The van der Waals surface area contributed by atoms with Gasteiger partial charge in [-0.2, -0.15) is 0 Å². The van der Waals surface area contributed by atoms with Crippen molar-refractivity contribution < 1.29 is 0 Å². The van der Waals surface area contributed by atoms with E-state index in [0.717, 1.165) is 13.1 Å². The monoisotopic (exact) mass is 288 g/mol. The van der Waals surface area contributed by atoms with E-state index in [2.05, 4.69) is 57.0 Å². The Hall–Kier alpha value is -0.860. The molecule has 21 heavy (non-hydrogen) atoms. The van der Waals surface area contributed by atoms with Gasteiger partial charge in [0.2, 0.25) is 0 Å². The van der Waals surface area contributed by atoms with Crippen LogP contribution >= 0.6 is 0 Å². The van der Waals surface area contributed by atoms with Crippen molar-refractivity contribution in [2.24, 2.45) is 0 Å². The highest BCUT2D eigenvalue weighted by Gasteiger charge is 2.23. The van der Waals surface area contributed by atoms with Gasteiger partial charge in [0.05, 0.1) is 0 Å². The summed E-state index contributed by atoms with van der Waals surface area (Å²) in [6, 6.07) is 5.93. The van der Waals surface area contributed by atoms with Crippen LogP contribution in [0.5, 0.6) is 0 Å². The molecule has 1 unspecified atom stereocenters. The zero-order chi connectivity index (χ0) is 15.4.